The fraction of sp³-hybridized carbons (Fsp3) is 0.160. The summed E-state index contributed by atoms with van der Waals surface area (Å²) >= 11 is 6.21. The maximum Gasteiger partial charge on any atom is 0.333 e. The number of aliphatic carboxylic acids is 1. The molecule has 0 spiro atoms. The second-order valence-electron chi connectivity index (χ2n) is 7.73. The summed E-state index contributed by atoms with van der Waals surface area (Å²) in [6, 6.07) is 20.8. The van der Waals surface area contributed by atoms with Gasteiger partial charge in [0.2, 0.25) is 10.0 Å². The molecule has 0 unspecified atom stereocenters. The molecule has 0 aromatic heterocycles. The molecule has 1 aliphatic heterocycles. The van der Waals surface area contributed by atoms with Gasteiger partial charge in [0.25, 0.3) is 0 Å². The molecule has 3 aromatic carbocycles. The van der Waals surface area contributed by atoms with Gasteiger partial charge in [-0.1, -0.05) is 77.8 Å². The lowest BCUT2D eigenvalue weighted by Crippen LogP contribution is -2.42. The number of nitrogens with zero attached hydrogens (tertiary/aromatic N) is 1. The Morgan fingerprint density at radius 3 is 2.28 bits per heavy atom. The number of carboxylic acid groups (broad SMARTS) is 1. The molecular formula is C25H22ClNO4S. The first-order valence-electron chi connectivity index (χ1n) is 10.1. The third-order valence-electron chi connectivity index (χ3n) is 5.61. The third kappa shape index (κ3) is 4.21. The number of hydrogen-bond donors (Lipinski definition) is 1. The number of sulfonamides is 1. The van der Waals surface area contributed by atoms with E-state index in [-0.39, 0.29) is 16.9 Å². The molecule has 1 aliphatic rings. The van der Waals surface area contributed by atoms with Crippen LogP contribution < -0.4 is 0 Å². The molecule has 0 saturated carbocycles. The molecule has 4 rings (SSSR count). The normalized spacial score (nSPS) is 19.4. The van der Waals surface area contributed by atoms with Gasteiger partial charge in [-0.15, -0.1) is 0 Å². The largest absolute Gasteiger partial charge is 0.478 e. The maximum atomic E-state index is 13.9. The molecule has 32 heavy (non-hydrogen) atoms. The Bertz CT molecular complexity index is 1270. The van der Waals surface area contributed by atoms with Crippen LogP contribution in [0.5, 0.6) is 0 Å². The van der Waals surface area contributed by atoms with Crippen molar-refractivity contribution in [2.75, 3.05) is 0 Å². The first-order valence-corrected chi connectivity index (χ1v) is 11.9. The summed E-state index contributed by atoms with van der Waals surface area (Å²) in [5.41, 5.74) is 2.36. The Balaban J connectivity index is 1.97. The van der Waals surface area contributed by atoms with Crippen molar-refractivity contribution >= 4 is 27.6 Å². The van der Waals surface area contributed by atoms with Crippen molar-refractivity contribution in [3.8, 4) is 0 Å². The van der Waals surface area contributed by atoms with Crippen LogP contribution in [0.2, 0.25) is 5.02 Å². The molecule has 0 bridgehead atoms. The molecule has 0 radical (unpaired) electrons. The van der Waals surface area contributed by atoms with Crippen molar-refractivity contribution in [3.63, 3.8) is 0 Å². The summed E-state index contributed by atoms with van der Waals surface area (Å²) in [5.74, 6) is -1.16. The Labute approximate surface area is 192 Å². The highest BCUT2D eigenvalue weighted by Crippen LogP contribution is 2.45. The van der Waals surface area contributed by atoms with E-state index < -0.39 is 28.1 Å². The minimum absolute atomic E-state index is 0.00938. The second-order valence-corrected chi connectivity index (χ2v) is 10.0. The van der Waals surface area contributed by atoms with E-state index in [0.717, 1.165) is 11.1 Å². The molecule has 1 heterocycles. The minimum Gasteiger partial charge on any atom is -0.478 e. The zero-order valence-electron chi connectivity index (χ0n) is 17.4. The van der Waals surface area contributed by atoms with E-state index in [9.17, 15) is 18.3 Å². The van der Waals surface area contributed by atoms with Gasteiger partial charge in [0.05, 0.1) is 22.6 Å². The highest BCUT2D eigenvalue weighted by molar-refractivity contribution is 7.89. The second kappa shape index (κ2) is 8.90. The summed E-state index contributed by atoms with van der Waals surface area (Å²) in [7, 11) is -4.06. The Morgan fingerprint density at radius 1 is 0.969 bits per heavy atom. The molecule has 1 N–H and O–H groups in total. The van der Waals surface area contributed by atoms with E-state index in [2.05, 4.69) is 0 Å². The average Bonchev–Trinajstić information content (AvgIpc) is 2.79. The number of carboxylic acids is 1. The van der Waals surface area contributed by atoms with E-state index in [1.54, 1.807) is 48.5 Å². The topological polar surface area (TPSA) is 74.7 Å². The van der Waals surface area contributed by atoms with Crippen LogP contribution in [-0.4, -0.2) is 23.8 Å². The molecule has 2 atom stereocenters. The van der Waals surface area contributed by atoms with Crippen LogP contribution in [0.3, 0.4) is 0 Å². The predicted molar refractivity (Wildman–Crippen MR) is 124 cm³/mol. The lowest BCUT2D eigenvalue weighted by Gasteiger charge is -2.40. The fourth-order valence-corrected chi connectivity index (χ4v) is 6.07. The Morgan fingerprint density at radius 2 is 1.66 bits per heavy atom. The molecular weight excluding hydrogens is 446 g/mol. The number of carbonyl (C=O) groups is 1. The van der Waals surface area contributed by atoms with Gasteiger partial charge in [-0.05, 0) is 48.7 Å². The van der Waals surface area contributed by atoms with Gasteiger partial charge in [-0.3, -0.25) is 0 Å². The number of aryl methyl sites for hydroxylation is 1. The van der Waals surface area contributed by atoms with Crippen LogP contribution in [-0.2, 0) is 14.8 Å². The molecule has 3 aromatic rings. The third-order valence-corrected chi connectivity index (χ3v) is 7.73. The molecule has 0 fully saturated rings. The van der Waals surface area contributed by atoms with Gasteiger partial charge in [-0.25, -0.2) is 13.2 Å². The summed E-state index contributed by atoms with van der Waals surface area (Å²) in [4.78, 5) is 12.3. The molecule has 0 amide bonds. The van der Waals surface area contributed by atoms with Crippen LogP contribution in [0.1, 0.15) is 35.2 Å². The lowest BCUT2D eigenvalue weighted by atomic mass is 9.89. The molecule has 5 nitrogen and oxygen atoms in total. The van der Waals surface area contributed by atoms with Crippen molar-refractivity contribution < 1.29 is 18.3 Å². The highest BCUT2D eigenvalue weighted by atomic mass is 35.5. The smallest absolute Gasteiger partial charge is 0.333 e. The standard InChI is InChI=1S/C25H22ClNO4S/c1-17-10-12-18(13-11-17)23-15-14-22(25(28)29)24(19-6-5-7-20(26)16-19)27(23)32(30,31)21-8-3-2-4-9-21/h2-14,16,23-24H,15H2,1H3,(H,28,29)/t23-,24-/m0/s1. The number of benzene rings is 3. The first-order chi connectivity index (χ1) is 15.3. The van der Waals surface area contributed by atoms with E-state index in [1.807, 2.05) is 31.2 Å². The average molecular weight is 468 g/mol. The van der Waals surface area contributed by atoms with Crippen LogP contribution in [0.25, 0.3) is 0 Å². The Hall–Kier alpha value is -2.93. The van der Waals surface area contributed by atoms with E-state index in [1.165, 1.54) is 16.4 Å². The van der Waals surface area contributed by atoms with Gasteiger partial charge in [0.15, 0.2) is 0 Å². The zero-order valence-corrected chi connectivity index (χ0v) is 18.9. The summed E-state index contributed by atoms with van der Waals surface area (Å²) in [6.45, 7) is 1.96. The van der Waals surface area contributed by atoms with Gasteiger partial charge >= 0.3 is 5.97 Å². The van der Waals surface area contributed by atoms with E-state index >= 15 is 0 Å². The lowest BCUT2D eigenvalue weighted by molar-refractivity contribution is -0.133. The number of halogens is 1. The van der Waals surface area contributed by atoms with Crippen LogP contribution in [0.15, 0.2) is 95.4 Å². The van der Waals surface area contributed by atoms with Crippen LogP contribution >= 0.6 is 11.6 Å². The van der Waals surface area contributed by atoms with Crippen molar-refractivity contribution in [1.29, 1.82) is 0 Å². The van der Waals surface area contributed by atoms with Crippen LogP contribution in [0, 0.1) is 6.92 Å². The quantitative estimate of drug-likeness (QED) is 0.534. The SMILES string of the molecule is Cc1ccc([C@@H]2CC=C(C(=O)O)[C@H](c3cccc(Cl)c3)N2S(=O)(=O)c2ccccc2)cc1. The number of hydrogen-bond acceptors (Lipinski definition) is 3. The fourth-order valence-electron chi connectivity index (χ4n) is 4.07. The first kappa shape index (κ1) is 22.3. The van der Waals surface area contributed by atoms with Crippen LogP contribution in [0.4, 0.5) is 0 Å². The van der Waals surface area contributed by atoms with Crippen molar-refractivity contribution in [3.05, 3.63) is 112 Å². The van der Waals surface area contributed by atoms with Crippen molar-refractivity contribution in [2.24, 2.45) is 0 Å². The van der Waals surface area contributed by atoms with E-state index in [4.69, 9.17) is 11.6 Å². The zero-order chi connectivity index (χ0) is 22.9. The molecule has 0 saturated heterocycles. The maximum absolute atomic E-state index is 13.9. The summed E-state index contributed by atoms with van der Waals surface area (Å²) < 4.78 is 29.2. The summed E-state index contributed by atoms with van der Waals surface area (Å²) in [6.07, 6.45) is 1.86. The molecule has 0 aliphatic carbocycles. The predicted octanol–water partition coefficient (Wildman–Crippen LogP) is 5.54. The Kier molecular flexibility index (Phi) is 6.20. The molecule has 164 valence electrons. The monoisotopic (exact) mass is 467 g/mol. The molecule has 7 heteroatoms. The van der Waals surface area contributed by atoms with Gasteiger partial charge in [0.1, 0.15) is 0 Å². The minimum atomic E-state index is -4.06. The van der Waals surface area contributed by atoms with Gasteiger partial charge in [0, 0.05) is 5.02 Å². The van der Waals surface area contributed by atoms with Gasteiger partial charge in [-0.2, -0.15) is 4.31 Å². The highest BCUT2D eigenvalue weighted by Gasteiger charge is 2.44. The van der Waals surface area contributed by atoms with Crippen molar-refractivity contribution in [2.45, 2.75) is 30.3 Å². The number of rotatable bonds is 5. The van der Waals surface area contributed by atoms with Gasteiger partial charge < -0.3 is 5.11 Å². The van der Waals surface area contributed by atoms with Crippen molar-refractivity contribution in [1.82, 2.24) is 4.31 Å². The summed E-state index contributed by atoms with van der Waals surface area (Å²) in [5, 5.41) is 10.4. The van der Waals surface area contributed by atoms with E-state index in [0.29, 0.717) is 10.6 Å².